The van der Waals surface area contributed by atoms with Crippen LogP contribution in [0.1, 0.15) is 12.6 Å². The van der Waals surface area contributed by atoms with Crippen molar-refractivity contribution in [2.24, 2.45) is 0 Å². The molecule has 0 atom stereocenters. The molecule has 0 fully saturated rings. The molecular formula is C12H14N4OS2. The molecule has 0 spiro atoms. The molecule has 0 aliphatic rings. The third-order valence-corrected chi connectivity index (χ3v) is 4.14. The van der Waals surface area contributed by atoms with Crippen LogP contribution in [-0.2, 0) is 10.5 Å². The highest BCUT2D eigenvalue weighted by atomic mass is 32.2. The van der Waals surface area contributed by atoms with Crippen molar-refractivity contribution in [1.82, 2.24) is 9.59 Å². The van der Waals surface area contributed by atoms with Gasteiger partial charge in [0.25, 0.3) is 0 Å². The van der Waals surface area contributed by atoms with Gasteiger partial charge in [-0.1, -0.05) is 4.49 Å². The molecule has 100 valence electrons. The van der Waals surface area contributed by atoms with Crippen molar-refractivity contribution in [3.8, 4) is 0 Å². The Balaban J connectivity index is 1.94. The lowest BCUT2D eigenvalue weighted by Gasteiger charge is -2.04. The summed E-state index contributed by atoms with van der Waals surface area (Å²) in [6.07, 6.45) is 0. The predicted octanol–water partition coefficient (Wildman–Crippen LogP) is 2.83. The fourth-order valence-corrected chi connectivity index (χ4v) is 2.94. The second-order valence-electron chi connectivity index (χ2n) is 3.79. The van der Waals surface area contributed by atoms with Gasteiger partial charge in [0, 0.05) is 41.8 Å². The average molecular weight is 294 g/mol. The van der Waals surface area contributed by atoms with E-state index >= 15 is 0 Å². The molecule has 1 amide bonds. The van der Waals surface area contributed by atoms with E-state index in [4.69, 9.17) is 0 Å². The lowest BCUT2D eigenvalue weighted by Crippen LogP contribution is -2.05. The van der Waals surface area contributed by atoms with E-state index in [1.165, 1.54) is 18.5 Å². The van der Waals surface area contributed by atoms with Gasteiger partial charge >= 0.3 is 0 Å². The lowest BCUT2D eigenvalue weighted by molar-refractivity contribution is -0.114. The fourth-order valence-electron chi connectivity index (χ4n) is 1.48. The number of benzene rings is 1. The Morgan fingerprint density at radius 2 is 2.11 bits per heavy atom. The van der Waals surface area contributed by atoms with Gasteiger partial charge in [-0.15, -0.1) is 16.9 Å². The standard InChI is InChI=1S/C12H14N4OS2/c1-8(17)14-9-3-5-10(6-4-9)18-7-11-12(13-2)19-16-15-11/h3-6,13H,7H2,1-2H3,(H,14,17). The second-order valence-corrected chi connectivity index (χ2v) is 5.60. The van der Waals surface area contributed by atoms with Crippen LogP contribution < -0.4 is 10.6 Å². The minimum absolute atomic E-state index is 0.0624. The van der Waals surface area contributed by atoms with Gasteiger partial charge in [0.15, 0.2) is 0 Å². The first-order valence-electron chi connectivity index (χ1n) is 5.68. The first-order valence-corrected chi connectivity index (χ1v) is 7.44. The number of rotatable bonds is 5. The molecule has 0 saturated carbocycles. The van der Waals surface area contributed by atoms with Crippen LogP contribution in [0.5, 0.6) is 0 Å². The smallest absolute Gasteiger partial charge is 0.221 e. The molecule has 5 nitrogen and oxygen atoms in total. The molecule has 0 radical (unpaired) electrons. The molecule has 19 heavy (non-hydrogen) atoms. The van der Waals surface area contributed by atoms with Gasteiger partial charge in [0.2, 0.25) is 5.91 Å². The minimum atomic E-state index is -0.0624. The number of nitrogens with zero attached hydrogens (tertiary/aromatic N) is 2. The van der Waals surface area contributed by atoms with Crippen LogP contribution in [0, 0.1) is 0 Å². The highest BCUT2D eigenvalue weighted by Crippen LogP contribution is 2.27. The zero-order valence-corrected chi connectivity index (χ0v) is 12.3. The van der Waals surface area contributed by atoms with Crippen molar-refractivity contribution in [2.45, 2.75) is 17.6 Å². The van der Waals surface area contributed by atoms with Crippen LogP contribution in [0.25, 0.3) is 0 Å². The van der Waals surface area contributed by atoms with E-state index in [0.717, 1.165) is 27.0 Å². The van der Waals surface area contributed by atoms with E-state index in [-0.39, 0.29) is 5.91 Å². The SMILES string of the molecule is CNc1snnc1CSc1ccc(NC(C)=O)cc1. The second kappa shape index (κ2) is 6.53. The Hall–Kier alpha value is -1.60. The van der Waals surface area contributed by atoms with Crippen LogP contribution in [0.4, 0.5) is 10.7 Å². The summed E-state index contributed by atoms with van der Waals surface area (Å²) < 4.78 is 3.92. The first-order chi connectivity index (χ1) is 9.19. The molecule has 1 aromatic carbocycles. The van der Waals surface area contributed by atoms with Crippen LogP contribution in [0.3, 0.4) is 0 Å². The van der Waals surface area contributed by atoms with Crippen LogP contribution in [-0.4, -0.2) is 22.5 Å². The van der Waals surface area contributed by atoms with Crippen LogP contribution in [0.2, 0.25) is 0 Å². The number of aromatic nitrogens is 2. The predicted molar refractivity (Wildman–Crippen MR) is 79.8 cm³/mol. The van der Waals surface area contributed by atoms with Crippen LogP contribution >= 0.6 is 23.3 Å². The third kappa shape index (κ3) is 3.93. The van der Waals surface area contributed by atoms with E-state index in [1.807, 2.05) is 31.3 Å². The number of amides is 1. The Bertz CT molecular complexity index is 553. The average Bonchev–Trinajstić information content (AvgIpc) is 2.84. The van der Waals surface area contributed by atoms with Crippen molar-refractivity contribution in [3.05, 3.63) is 30.0 Å². The van der Waals surface area contributed by atoms with E-state index < -0.39 is 0 Å². The number of carbonyl (C=O) groups is 1. The Labute approximate surface area is 120 Å². The molecule has 0 saturated heterocycles. The third-order valence-electron chi connectivity index (χ3n) is 2.33. The number of anilines is 2. The number of carbonyl (C=O) groups excluding carboxylic acids is 1. The normalized spacial score (nSPS) is 10.2. The maximum absolute atomic E-state index is 10.9. The van der Waals surface area contributed by atoms with E-state index in [9.17, 15) is 4.79 Å². The molecule has 2 aromatic rings. The minimum Gasteiger partial charge on any atom is -0.377 e. The zero-order valence-electron chi connectivity index (χ0n) is 10.6. The zero-order chi connectivity index (χ0) is 13.7. The summed E-state index contributed by atoms with van der Waals surface area (Å²) in [7, 11) is 1.87. The van der Waals surface area contributed by atoms with Gasteiger partial charge in [-0.3, -0.25) is 4.79 Å². The lowest BCUT2D eigenvalue weighted by atomic mass is 10.3. The van der Waals surface area contributed by atoms with E-state index in [2.05, 4.69) is 20.2 Å². The van der Waals surface area contributed by atoms with E-state index in [1.54, 1.807) is 11.8 Å². The van der Waals surface area contributed by atoms with Crippen molar-refractivity contribution in [1.29, 1.82) is 0 Å². The molecular weight excluding hydrogens is 280 g/mol. The Morgan fingerprint density at radius 1 is 1.37 bits per heavy atom. The number of thioether (sulfide) groups is 1. The van der Waals surface area contributed by atoms with Gasteiger partial charge < -0.3 is 10.6 Å². The summed E-state index contributed by atoms with van der Waals surface area (Å²) in [6, 6.07) is 7.74. The van der Waals surface area contributed by atoms with Crippen LogP contribution in [0.15, 0.2) is 29.2 Å². The summed E-state index contributed by atoms with van der Waals surface area (Å²) in [5.74, 6) is 0.708. The Kier molecular flexibility index (Phi) is 4.75. The van der Waals surface area contributed by atoms with Gasteiger partial charge in [0.1, 0.15) is 10.7 Å². The Morgan fingerprint density at radius 3 is 2.74 bits per heavy atom. The molecule has 0 aliphatic carbocycles. The molecule has 1 heterocycles. The quantitative estimate of drug-likeness (QED) is 0.830. The van der Waals surface area contributed by atoms with Gasteiger partial charge in [-0.2, -0.15) is 0 Å². The fraction of sp³-hybridized carbons (Fsp3) is 0.250. The summed E-state index contributed by atoms with van der Waals surface area (Å²) in [4.78, 5) is 12.0. The largest absolute Gasteiger partial charge is 0.377 e. The molecule has 1 aromatic heterocycles. The number of nitrogens with one attached hydrogen (secondary N) is 2. The molecule has 0 unspecified atom stereocenters. The highest BCUT2D eigenvalue weighted by Gasteiger charge is 2.06. The van der Waals surface area contributed by atoms with Crippen molar-refractivity contribution < 1.29 is 4.79 Å². The van der Waals surface area contributed by atoms with Gasteiger partial charge in [-0.05, 0) is 24.3 Å². The maximum atomic E-state index is 10.9. The van der Waals surface area contributed by atoms with Crippen molar-refractivity contribution in [2.75, 3.05) is 17.7 Å². The molecule has 7 heteroatoms. The summed E-state index contributed by atoms with van der Waals surface area (Å²) in [5.41, 5.74) is 1.77. The molecule has 2 N–H and O–H groups in total. The topological polar surface area (TPSA) is 66.9 Å². The van der Waals surface area contributed by atoms with Crippen molar-refractivity contribution in [3.63, 3.8) is 0 Å². The first kappa shape index (κ1) is 13.8. The van der Waals surface area contributed by atoms with Gasteiger partial charge in [0.05, 0.1) is 0 Å². The summed E-state index contributed by atoms with van der Waals surface area (Å²) >= 11 is 3.05. The molecule has 2 rings (SSSR count). The summed E-state index contributed by atoms with van der Waals surface area (Å²) in [5, 5.41) is 10.9. The van der Waals surface area contributed by atoms with Crippen molar-refractivity contribution >= 4 is 39.9 Å². The number of hydrogen-bond acceptors (Lipinski definition) is 6. The molecule has 0 aliphatic heterocycles. The maximum Gasteiger partial charge on any atom is 0.221 e. The van der Waals surface area contributed by atoms with E-state index in [0.29, 0.717) is 0 Å². The number of hydrogen-bond donors (Lipinski definition) is 2. The highest BCUT2D eigenvalue weighted by molar-refractivity contribution is 7.98. The monoisotopic (exact) mass is 294 g/mol. The van der Waals surface area contributed by atoms with Gasteiger partial charge in [-0.25, -0.2) is 0 Å². The summed E-state index contributed by atoms with van der Waals surface area (Å²) in [6.45, 7) is 1.50. The molecule has 0 bridgehead atoms.